The van der Waals surface area contributed by atoms with Crippen molar-refractivity contribution < 1.29 is 19.1 Å². The molecule has 0 aliphatic carbocycles. The summed E-state index contributed by atoms with van der Waals surface area (Å²) in [6, 6.07) is -1.24. The van der Waals surface area contributed by atoms with Gasteiger partial charge in [-0.05, 0) is 64.9 Å². The van der Waals surface area contributed by atoms with Crippen molar-refractivity contribution in [2.45, 2.75) is 78.5 Å². The minimum Gasteiger partial charge on any atom is -0.444 e. The van der Waals surface area contributed by atoms with Crippen LogP contribution in [0, 0.1) is 5.92 Å². The summed E-state index contributed by atoms with van der Waals surface area (Å²) in [5.41, 5.74) is -0.636. The zero-order valence-corrected chi connectivity index (χ0v) is 17.4. The normalized spacial score (nSPS) is 13.9. The van der Waals surface area contributed by atoms with E-state index >= 15 is 0 Å². The number of carbonyl (C=O) groups is 3. The van der Waals surface area contributed by atoms with Crippen molar-refractivity contribution in [1.82, 2.24) is 10.6 Å². The number of hydrogen-bond donors (Lipinski definition) is 2. The third-order valence-electron chi connectivity index (χ3n) is 3.36. The smallest absolute Gasteiger partial charge is 0.408 e. The number of rotatable bonds is 10. The van der Waals surface area contributed by atoms with Gasteiger partial charge in [-0.3, -0.25) is 9.59 Å². The predicted octanol–water partition coefficient (Wildman–Crippen LogP) is 3.14. The van der Waals surface area contributed by atoms with Crippen LogP contribution in [0.25, 0.3) is 0 Å². The van der Waals surface area contributed by atoms with Crippen molar-refractivity contribution in [2.24, 2.45) is 5.92 Å². The summed E-state index contributed by atoms with van der Waals surface area (Å²) < 4.78 is 5.23. The Kier molecular flexibility index (Phi) is 10.8. The third kappa shape index (κ3) is 11.9. The van der Waals surface area contributed by atoms with Gasteiger partial charge in [0.1, 0.15) is 11.6 Å². The Bertz CT molecular complexity index is 447. The Morgan fingerprint density at radius 2 is 1.68 bits per heavy atom. The fourth-order valence-corrected chi connectivity index (χ4v) is 2.69. The first kappa shape index (κ1) is 23.8. The second kappa shape index (κ2) is 11.4. The number of alkyl carbamates (subject to hydrolysis) is 1. The fraction of sp³-hybridized carbons (Fsp3) is 0.833. The molecule has 0 bridgehead atoms. The Labute approximate surface area is 156 Å². The molecular formula is C18H34N2O4S. The Balaban J connectivity index is 4.90. The lowest BCUT2D eigenvalue weighted by Gasteiger charge is -2.25. The van der Waals surface area contributed by atoms with Gasteiger partial charge < -0.3 is 15.4 Å². The molecule has 0 aromatic rings. The zero-order chi connectivity index (χ0) is 19.6. The molecule has 0 aliphatic rings. The maximum atomic E-state index is 12.6. The summed E-state index contributed by atoms with van der Waals surface area (Å²) in [7, 11) is 0. The summed E-state index contributed by atoms with van der Waals surface area (Å²) >= 11 is 1.71. The Hall–Kier alpha value is -1.24. The number of ether oxygens (including phenoxy) is 1. The number of nitrogens with one attached hydrogen (secondary N) is 2. The lowest BCUT2D eigenvalue weighted by atomic mass is 10.0. The second-order valence-corrected chi connectivity index (χ2v) is 8.62. The molecule has 6 nitrogen and oxygen atoms in total. The van der Waals surface area contributed by atoms with Crippen LogP contribution in [0.2, 0.25) is 0 Å². The standard InChI is InChI=1S/C18H34N2O4S/c1-12(2)11-15(20-17(23)24-18(4,5)6)16(22)19-14(13(3)21)9-8-10-25-7/h12,14-15H,8-11H2,1-7H3,(H,19,22)(H,20,23)/t14-,15-/m0/s1. The Morgan fingerprint density at radius 3 is 2.12 bits per heavy atom. The van der Waals surface area contributed by atoms with Gasteiger partial charge in [0.25, 0.3) is 0 Å². The molecule has 0 unspecified atom stereocenters. The quantitative estimate of drug-likeness (QED) is 0.574. The number of ketones is 1. The van der Waals surface area contributed by atoms with E-state index in [0.717, 1.165) is 12.2 Å². The average Bonchev–Trinajstić information content (AvgIpc) is 2.42. The van der Waals surface area contributed by atoms with Gasteiger partial charge in [-0.25, -0.2) is 4.79 Å². The molecule has 0 radical (unpaired) electrons. The first-order valence-electron chi connectivity index (χ1n) is 8.75. The molecular weight excluding hydrogens is 340 g/mol. The minimum absolute atomic E-state index is 0.0741. The van der Waals surface area contributed by atoms with Gasteiger partial charge in [0, 0.05) is 0 Å². The zero-order valence-electron chi connectivity index (χ0n) is 16.6. The van der Waals surface area contributed by atoms with Crippen LogP contribution in [-0.2, 0) is 14.3 Å². The van der Waals surface area contributed by atoms with Crippen molar-refractivity contribution >= 4 is 29.5 Å². The van der Waals surface area contributed by atoms with E-state index in [4.69, 9.17) is 4.74 Å². The van der Waals surface area contributed by atoms with Crippen LogP contribution in [0.4, 0.5) is 4.79 Å². The maximum Gasteiger partial charge on any atom is 0.408 e. The molecule has 0 aromatic heterocycles. The lowest BCUT2D eigenvalue weighted by molar-refractivity contribution is -0.128. The molecule has 2 N–H and O–H groups in total. The van der Waals surface area contributed by atoms with Crippen molar-refractivity contribution in [3.63, 3.8) is 0 Å². The van der Waals surface area contributed by atoms with E-state index < -0.39 is 23.8 Å². The van der Waals surface area contributed by atoms with Crippen LogP contribution < -0.4 is 10.6 Å². The number of hydrogen-bond acceptors (Lipinski definition) is 5. The van der Waals surface area contributed by atoms with Gasteiger partial charge in [0.2, 0.25) is 5.91 Å². The molecule has 2 atom stereocenters. The molecule has 0 aliphatic heterocycles. The van der Waals surface area contributed by atoms with E-state index in [0.29, 0.717) is 12.8 Å². The van der Waals surface area contributed by atoms with Gasteiger partial charge in [0.15, 0.2) is 5.78 Å². The minimum atomic E-state index is -0.725. The van der Waals surface area contributed by atoms with Gasteiger partial charge in [0.05, 0.1) is 6.04 Å². The van der Waals surface area contributed by atoms with E-state index in [-0.39, 0.29) is 17.6 Å². The van der Waals surface area contributed by atoms with E-state index in [9.17, 15) is 14.4 Å². The van der Waals surface area contributed by atoms with Crippen molar-refractivity contribution in [2.75, 3.05) is 12.0 Å². The summed E-state index contributed by atoms with van der Waals surface area (Å²) in [6.45, 7) is 10.7. The third-order valence-corrected chi connectivity index (χ3v) is 4.06. The SMILES string of the molecule is CSCCC[C@H](NC(=O)[C@H](CC(C)C)NC(=O)OC(C)(C)C)C(C)=O. The molecule has 0 fully saturated rings. The van der Waals surface area contributed by atoms with Crippen LogP contribution in [0.5, 0.6) is 0 Å². The summed E-state index contributed by atoms with van der Waals surface area (Å²) in [6.07, 6.45) is 3.30. The predicted molar refractivity (Wildman–Crippen MR) is 103 cm³/mol. The highest BCUT2D eigenvalue weighted by atomic mass is 32.2. The van der Waals surface area contributed by atoms with Gasteiger partial charge in [-0.15, -0.1) is 0 Å². The van der Waals surface area contributed by atoms with Gasteiger partial charge in [-0.2, -0.15) is 11.8 Å². The van der Waals surface area contributed by atoms with Crippen LogP contribution in [0.3, 0.4) is 0 Å². The molecule has 0 saturated carbocycles. The molecule has 0 saturated heterocycles. The molecule has 0 heterocycles. The number of thioether (sulfide) groups is 1. The molecule has 0 rings (SSSR count). The average molecular weight is 375 g/mol. The van der Waals surface area contributed by atoms with E-state index in [1.165, 1.54) is 6.92 Å². The Morgan fingerprint density at radius 1 is 1.08 bits per heavy atom. The first-order valence-corrected chi connectivity index (χ1v) is 10.1. The van der Waals surface area contributed by atoms with Gasteiger partial charge >= 0.3 is 6.09 Å². The number of amides is 2. The van der Waals surface area contributed by atoms with Crippen molar-refractivity contribution in [3.05, 3.63) is 0 Å². The van der Waals surface area contributed by atoms with Crippen LogP contribution in [0.15, 0.2) is 0 Å². The monoisotopic (exact) mass is 374 g/mol. The fourth-order valence-electron chi connectivity index (χ4n) is 2.23. The first-order chi connectivity index (χ1) is 11.5. The highest BCUT2D eigenvalue weighted by Crippen LogP contribution is 2.11. The molecule has 2 amide bonds. The van der Waals surface area contributed by atoms with Crippen LogP contribution in [0.1, 0.15) is 60.8 Å². The van der Waals surface area contributed by atoms with E-state index in [1.807, 2.05) is 20.1 Å². The van der Waals surface area contributed by atoms with Crippen molar-refractivity contribution in [1.29, 1.82) is 0 Å². The van der Waals surface area contributed by atoms with Gasteiger partial charge in [-0.1, -0.05) is 13.8 Å². The molecule has 7 heteroatoms. The second-order valence-electron chi connectivity index (χ2n) is 7.64. The lowest BCUT2D eigenvalue weighted by Crippen LogP contribution is -2.52. The molecule has 0 aromatic carbocycles. The summed E-state index contributed by atoms with van der Waals surface area (Å²) in [5.74, 6) is 0.725. The number of Topliss-reactive ketones (excluding diaryl/α,β-unsaturated/α-hetero) is 1. The topological polar surface area (TPSA) is 84.5 Å². The highest BCUT2D eigenvalue weighted by Gasteiger charge is 2.27. The highest BCUT2D eigenvalue weighted by molar-refractivity contribution is 7.98. The van der Waals surface area contributed by atoms with Crippen LogP contribution >= 0.6 is 11.8 Å². The maximum absolute atomic E-state index is 12.6. The van der Waals surface area contributed by atoms with Crippen LogP contribution in [-0.4, -0.2) is 47.5 Å². The molecule has 146 valence electrons. The largest absolute Gasteiger partial charge is 0.444 e. The van der Waals surface area contributed by atoms with E-state index in [2.05, 4.69) is 10.6 Å². The molecule has 0 spiro atoms. The summed E-state index contributed by atoms with van der Waals surface area (Å²) in [5, 5.41) is 5.41. The molecule has 25 heavy (non-hydrogen) atoms. The number of carbonyl (C=O) groups excluding carboxylic acids is 3. The van der Waals surface area contributed by atoms with E-state index in [1.54, 1.807) is 32.5 Å². The summed E-state index contributed by atoms with van der Waals surface area (Å²) in [4.78, 5) is 36.4. The van der Waals surface area contributed by atoms with Crippen molar-refractivity contribution in [3.8, 4) is 0 Å².